The van der Waals surface area contributed by atoms with Gasteiger partial charge in [-0.25, -0.2) is 8.78 Å². The maximum absolute atomic E-state index is 14.1. The number of carbonyl (C=O) groups excluding carboxylic acids is 1. The summed E-state index contributed by atoms with van der Waals surface area (Å²) < 4.78 is 43.8. The van der Waals surface area contributed by atoms with E-state index in [1.54, 1.807) is 12.1 Å². The maximum Gasteiger partial charge on any atom is 0.234 e. The summed E-state index contributed by atoms with van der Waals surface area (Å²) in [6, 6.07) is 6.72. The minimum atomic E-state index is -0.556. The summed E-state index contributed by atoms with van der Waals surface area (Å²) in [5.74, 6) is 0.313. The lowest BCUT2D eigenvalue weighted by Crippen LogP contribution is -2.28. The Morgan fingerprint density at radius 2 is 1.81 bits per heavy atom. The summed E-state index contributed by atoms with van der Waals surface area (Å²) in [6.07, 6.45) is 0. The number of ether oxygens (including phenoxy) is 3. The average Bonchev–Trinajstić information content (AvgIpc) is 3.03. The fourth-order valence-corrected chi connectivity index (χ4v) is 4.25. The van der Waals surface area contributed by atoms with Gasteiger partial charge in [0.25, 0.3) is 0 Å². The first-order valence-electron chi connectivity index (χ1n) is 8.14. The Labute approximate surface area is 160 Å². The standard InChI is InChI=1S/C19H19F2NO4S/c1-24-15-7-5-13(17(25-2)18(15)26-3)19-22(16(23)10-27-19)9-11-8-12(20)4-6-14(11)21/h4-8,19H,9-10H2,1-3H3. The molecular weight excluding hydrogens is 376 g/mol. The molecule has 1 saturated heterocycles. The van der Waals surface area contributed by atoms with E-state index >= 15 is 0 Å². The number of nitrogens with zero attached hydrogens (tertiary/aromatic N) is 1. The van der Waals surface area contributed by atoms with E-state index in [0.29, 0.717) is 22.8 Å². The minimum Gasteiger partial charge on any atom is -0.493 e. The van der Waals surface area contributed by atoms with E-state index in [4.69, 9.17) is 14.2 Å². The van der Waals surface area contributed by atoms with Crippen LogP contribution in [-0.4, -0.2) is 37.9 Å². The van der Waals surface area contributed by atoms with Crippen LogP contribution < -0.4 is 14.2 Å². The van der Waals surface area contributed by atoms with Crippen molar-refractivity contribution in [1.82, 2.24) is 4.90 Å². The van der Waals surface area contributed by atoms with E-state index in [1.165, 1.54) is 38.0 Å². The van der Waals surface area contributed by atoms with Crippen LogP contribution in [0.1, 0.15) is 16.5 Å². The molecule has 0 spiro atoms. The Kier molecular flexibility index (Phi) is 5.74. The van der Waals surface area contributed by atoms with Crippen LogP contribution in [0.2, 0.25) is 0 Å². The summed E-state index contributed by atoms with van der Waals surface area (Å²) in [5.41, 5.74) is 0.818. The summed E-state index contributed by atoms with van der Waals surface area (Å²) in [6.45, 7) is -0.0441. The second kappa shape index (κ2) is 8.04. The van der Waals surface area contributed by atoms with Gasteiger partial charge in [-0.3, -0.25) is 4.79 Å². The molecule has 1 heterocycles. The van der Waals surface area contributed by atoms with Crippen molar-refractivity contribution in [3.63, 3.8) is 0 Å². The van der Waals surface area contributed by atoms with Crippen LogP contribution in [0.4, 0.5) is 8.78 Å². The molecule has 1 aliphatic rings. The Morgan fingerprint density at radius 3 is 2.48 bits per heavy atom. The van der Waals surface area contributed by atoms with Crippen LogP contribution in [0.5, 0.6) is 17.2 Å². The molecule has 27 heavy (non-hydrogen) atoms. The largest absolute Gasteiger partial charge is 0.493 e. The molecule has 144 valence electrons. The molecule has 0 bridgehead atoms. The Balaban J connectivity index is 2.00. The highest BCUT2D eigenvalue weighted by Crippen LogP contribution is 2.49. The maximum atomic E-state index is 14.1. The van der Waals surface area contributed by atoms with Gasteiger partial charge in [-0.2, -0.15) is 0 Å². The quantitative estimate of drug-likeness (QED) is 0.745. The number of benzene rings is 2. The van der Waals surface area contributed by atoms with E-state index in [-0.39, 0.29) is 23.8 Å². The number of carbonyl (C=O) groups is 1. The summed E-state index contributed by atoms with van der Waals surface area (Å²) in [4.78, 5) is 13.9. The molecule has 0 N–H and O–H groups in total. The molecule has 5 nitrogen and oxygen atoms in total. The third-order valence-corrected chi connectivity index (χ3v) is 5.56. The van der Waals surface area contributed by atoms with Crippen LogP contribution in [0.25, 0.3) is 0 Å². The molecule has 2 aromatic carbocycles. The molecule has 1 amide bonds. The lowest BCUT2D eigenvalue weighted by atomic mass is 10.1. The van der Waals surface area contributed by atoms with Crippen molar-refractivity contribution in [2.45, 2.75) is 11.9 Å². The highest BCUT2D eigenvalue weighted by atomic mass is 32.2. The molecular formula is C19H19F2NO4S. The fourth-order valence-electron chi connectivity index (χ4n) is 3.05. The lowest BCUT2D eigenvalue weighted by molar-refractivity contribution is -0.128. The molecule has 1 atom stereocenters. The number of methoxy groups -OCH3 is 3. The number of hydrogen-bond donors (Lipinski definition) is 0. The van der Waals surface area contributed by atoms with Gasteiger partial charge >= 0.3 is 0 Å². The Bertz CT molecular complexity index is 862. The van der Waals surface area contributed by atoms with Gasteiger partial charge in [-0.05, 0) is 30.3 Å². The SMILES string of the molecule is COc1ccc(C2SCC(=O)N2Cc2cc(F)ccc2F)c(OC)c1OC. The van der Waals surface area contributed by atoms with Crippen molar-refractivity contribution in [3.05, 3.63) is 53.1 Å². The van der Waals surface area contributed by atoms with Gasteiger partial charge in [-0.15, -0.1) is 11.8 Å². The Hall–Kier alpha value is -2.48. The number of halogens is 2. The summed E-state index contributed by atoms with van der Waals surface area (Å²) in [7, 11) is 4.51. The van der Waals surface area contributed by atoms with Crippen LogP contribution in [0, 0.1) is 11.6 Å². The molecule has 3 rings (SSSR count). The minimum absolute atomic E-state index is 0.0441. The monoisotopic (exact) mass is 395 g/mol. The third-order valence-electron chi connectivity index (χ3n) is 4.32. The van der Waals surface area contributed by atoms with Gasteiger partial charge in [0, 0.05) is 11.1 Å². The predicted molar refractivity (Wildman–Crippen MR) is 98.2 cm³/mol. The van der Waals surface area contributed by atoms with Gasteiger partial charge in [0.2, 0.25) is 11.7 Å². The lowest BCUT2D eigenvalue weighted by Gasteiger charge is -2.27. The van der Waals surface area contributed by atoms with Crippen molar-refractivity contribution >= 4 is 17.7 Å². The zero-order chi connectivity index (χ0) is 19.6. The van der Waals surface area contributed by atoms with Gasteiger partial charge in [0.15, 0.2) is 11.5 Å². The first-order chi connectivity index (χ1) is 13.0. The molecule has 8 heteroatoms. The number of thioether (sulfide) groups is 1. The van der Waals surface area contributed by atoms with E-state index in [0.717, 1.165) is 18.2 Å². The molecule has 0 radical (unpaired) electrons. The van der Waals surface area contributed by atoms with Crippen molar-refractivity contribution in [3.8, 4) is 17.2 Å². The smallest absolute Gasteiger partial charge is 0.234 e. The molecule has 2 aromatic rings. The van der Waals surface area contributed by atoms with Gasteiger partial charge in [-0.1, -0.05) is 0 Å². The second-order valence-corrected chi connectivity index (χ2v) is 6.91. The van der Waals surface area contributed by atoms with Crippen molar-refractivity contribution in [2.75, 3.05) is 27.1 Å². The van der Waals surface area contributed by atoms with E-state index < -0.39 is 17.0 Å². The molecule has 0 aromatic heterocycles. The number of hydrogen-bond acceptors (Lipinski definition) is 5. The molecule has 1 aliphatic heterocycles. The van der Waals surface area contributed by atoms with Crippen molar-refractivity contribution in [1.29, 1.82) is 0 Å². The topological polar surface area (TPSA) is 48.0 Å². The van der Waals surface area contributed by atoms with Gasteiger partial charge in [0.05, 0.1) is 33.6 Å². The molecule has 0 saturated carbocycles. The third kappa shape index (κ3) is 3.66. The highest BCUT2D eigenvalue weighted by Gasteiger charge is 2.36. The van der Waals surface area contributed by atoms with Crippen LogP contribution in [0.3, 0.4) is 0 Å². The Morgan fingerprint density at radius 1 is 1.07 bits per heavy atom. The van der Waals surface area contributed by atoms with Crippen LogP contribution in [-0.2, 0) is 11.3 Å². The van der Waals surface area contributed by atoms with E-state index in [1.807, 2.05) is 0 Å². The molecule has 1 unspecified atom stereocenters. The van der Waals surface area contributed by atoms with Crippen LogP contribution in [0.15, 0.2) is 30.3 Å². The first kappa shape index (κ1) is 19.3. The van der Waals surface area contributed by atoms with Crippen molar-refractivity contribution < 1.29 is 27.8 Å². The van der Waals surface area contributed by atoms with E-state index in [9.17, 15) is 13.6 Å². The summed E-state index contributed by atoms with van der Waals surface area (Å²) in [5, 5.41) is -0.421. The van der Waals surface area contributed by atoms with Gasteiger partial charge in [0.1, 0.15) is 17.0 Å². The van der Waals surface area contributed by atoms with Gasteiger partial charge < -0.3 is 19.1 Å². The molecule has 1 fully saturated rings. The summed E-state index contributed by atoms with van der Waals surface area (Å²) >= 11 is 1.39. The zero-order valence-electron chi connectivity index (χ0n) is 15.1. The predicted octanol–water partition coefficient (Wildman–Crippen LogP) is 3.76. The number of amides is 1. The number of rotatable bonds is 6. The average molecular weight is 395 g/mol. The van der Waals surface area contributed by atoms with E-state index in [2.05, 4.69) is 0 Å². The normalized spacial score (nSPS) is 16.6. The molecule has 0 aliphatic carbocycles. The second-order valence-electron chi connectivity index (χ2n) is 5.84. The van der Waals surface area contributed by atoms with Crippen molar-refractivity contribution in [2.24, 2.45) is 0 Å². The highest BCUT2D eigenvalue weighted by molar-refractivity contribution is 8.00. The van der Waals surface area contributed by atoms with Crippen LogP contribution >= 0.6 is 11.8 Å². The fraction of sp³-hybridized carbons (Fsp3) is 0.316. The zero-order valence-corrected chi connectivity index (χ0v) is 15.9. The first-order valence-corrected chi connectivity index (χ1v) is 9.18.